The molecule has 0 amide bonds. The molecule has 1 unspecified atom stereocenters. The van der Waals surface area contributed by atoms with Crippen molar-refractivity contribution in [3.05, 3.63) is 24.2 Å². The van der Waals surface area contributed by atoms with Crippen LogP contribution in [0.1, 0.15) is 39.9 Å². The van der Waals surface area contributed by atoms with Crippen molar-refractivity contribution in [2.75, 3.05) is 45.8 Å². The summed E-state index contributed by atoms with van der Waals surface area (Å²) in [4.78, 5) is 9.84. The molecule has 5 nitrogen and oxygen atoms in total. The number of hydrogen-bond acceptors (Lipinski definition) is 3. The Hall–Kier alpha value is -1.49. The van der Waals surface area contributed by atoms with E-state index in [0.29, 0.717) is 5.92 Å². The van der Waals surface area contributed by atoms with Gasteiger partial charge in [0.25, 0.3) is 0 Å². The summed E-state index contributed by atoms with van der Waals surface area (Å²) in [7, 11) is 0. The van der Waals surface area contributed by atoms with Gasteiger partial charge in [0.15, 0.2) is 5.96 Å². The van der Waals surface area contributed by atoms with Crippen LogP contribution in [0.15, 0.2) is 27.8 Å². The molecule has 1 aromatic heterocycles. The Labute approximate surface area is 153 Å². The molecule has 2 rings (SSSR count). The highest BCUT2D eigenvalue weighted by Crippen LogP contribution is 2.18. The van der Waals surface area contributed by atoms with Crippen molar-refractivity contribution in [3.8, 4) is 0 Å². The van der Waals surface area contributed by atoms with Crippen LogP contribution < -0.4 is 5.32 Å². The van der Waals surface area contributed by atoms with E-state index in [1.54, 1.807) is 6.26 Å². The number of guanidine groups is 1. The summed E-state index contributed by atoms with van der Waals surface area (Å²) in [5.74, 6) is 3.42. The van der Waals surface area contributed by atoms with Gasteiger partial charge in [0.1, 0.15) is 5.76 Å². The van der Waals surface area contributed by atoms with Crippen LogP contribution in [0.2, 0.25) is 0 Å². The molecular formula is C20H36N4O. The lowest BCUT2D eigenvalue weighted by atomic mass is 10.1. The lowest BCUT2D eigenvalue weighted by molar-refractivity contribution is 0.255. The zero-order valence-electron chi connectivity index (χ0n) is 16.5. The maximum atomic E-state index is 5.43. The summed E-state index contributed by atoms with van der Waals surface area (Å²) < 4.78 is 5.43. The standard InChI is InChI=1S/C20H36N4O/c1-5-23(6-2)15-18-10-12-24(16-18)20(22-14-17(3)4)21-11-9-19-8-7-13-25-19/h7-8,13,17-18H,5-6,9-12,14-16H2,1-4H3,(H,21,22). The molecule has 1 fully saturated rings. The van der Waals surface area contributed by atoms with Gasteiger partial charge in [-0.3, -0.25) is 4.99 Å². The average molecular weight is 349 g/mol. The Bertz CT molecular complexity index is 494. The van der Waals surface area contributed by atoms with E-state index < -0.39 is 0 Å². The number of aliphatic imine (C=N–C) groups is 1. The Kier molecular flexibility index (Phi) is 8.32. The summed E-state index contributed by atoms with van der Waals surface area (Å²) in [6.07, 6.45) is 3.89. The largest absolute Gasteiger partial charge is 0.469 e. The number of rotatable bonds is 9. The Morgan fingerprint density at radius 3 is 2.84 bits per heavy atom. The van der Waals surface area contributed by atoms with Crippen molar-refractivity contribution >= 4 is 5.96 Å². The fourth-order valence-corrected chi connectivity index (χ4v) is 3.31. The van der Waals surface area contributed by atoms with Crippen LogP contribution in [0, 0.1) is 11.8 Å². The molecular weight excluding hydrogens is 312 g/mol. The van der Waals surface area contributed by atoms with Crippen LogP contribution in [0.4, 0.5) is 0 Å². The van der Waals surface area contributed by atoms with Crippen LogP contribution >= 0.6 is 0 Å². The molecule has 1 aromatic rings. The van der Waals surface area contributed by atoms with Crippen LogP contribution in [0.3, 0.4) is 0 Å². The number of nitrogens with zero attached hydrogens (tertiary/aromatic N) is 3. The third-order valence-corrected chi connectivity index (χ3v) is 4.84. The van der Waals surface area contributed by atoms with Gasteiger partial charge in [0.2, 0.25) is 0 Å². The van der Waals surface area contributed by atoms with Gasteiger partial charge < -0.3 is 19.5 Å². The van der Waals surface area contributed by atoms with E-state index in [1.807, 2.05) is 12.1 Å². The van der Waals surface area contributed by atoms with Gasteiger partial charge >= 0.3 is 0 Å². The van der Waals surface area contributed by atoms with E-state index in [0.717, 1.165) is 63.3 Å². The summed E-state index contributed by atoms with van der Waals surface area (Å²) in [6, 6.07) is 3.98. The zero-order chi connectivity index (χ0) is 18.1. The van der Waals surface area contributed by atoms with E-state index in [2.05, 4.69) is 42.8 Å². The minimum absolute atomic E-state index is 0.580. The molecule has 0 radical (unpaired) electrons. The maximum absolute atomic E-state index is 5.43. The predicted octanol–water partition coefficient (Wildman–Crippen LogP) is 3.09. The number of furan rings is 1. The van der Waals surface area contributed by atoms with Gasteiger partial charge in [-0.2, -0.15) is 0 Å². The number of likely N-dealkylation sites (tertiary alicyclic amines) is 1. The van der Waals surface area contributed by atoms with E-state index in [4.69, 9.17) is 9.41 Å². The summed E-state index contributed by atoms with van der Waals surface area (Å²) >= 11 is 0. The monoisotopic (exact) mass is 348 g/mol. The molecule has 1 saturated heterocycles. The topological polar surface area (TPSA) is 44.0 Å². The molecule has 0 aliphatic carbocycles. The van der Waals surface area contributed by atoms with Crippen molar-refractivity contribution in [1.82, 2.24) is 15.1 Å². The SMILES string of the molecule is CCN(CC)CC1CCN(C(=NCC(C)C)NCCc2ccco2)C1. The van der Waals surface area contributed by atoms with Crippen molar-refractivity contribution in [3.63, 3.8) is 0 Å². The first-order chi connectivity index (χ1) is 12.1. The van der Waals surface area contributed by atoms with Gasteiger partial charge in [-0.15, -0.1) is 0 Å². The summed E-state index contributed by atoms with van der Waals surface area (Å²) in [6.45, 7) is 16.4. The minimum atomic E-state index is 0.580. The van der Waals surface area contributed by atoms with Crippen molar-refractivity contribution in [2.45, 2.75) is 40.5 Å². The van der Waals surface area contributed by atoms with E-state index in [-0.39, 0.29) is 0 Å². The van der Waals surface area contributed by atoms with Crippen LogP contribution in [0.25, 0.3) is 0 Å². The second-order valence-corrected chi connectivity index (χ2v) is 7.40. The first kappa shape index (κ1) is 19.8. The van der Waals surface area contributed by atoms with Crippen molar-refractivity contribution in [2.24, 2.45) is 16.8 Å². The molecule has 1 atom stereocenters. The smallest absolute Gasteiger partial charge is 0.193 e. The lowest BCUT2D eigenvalue weighted by Gasteiger charge is -2.25. The second-order valence-electron chi connectivity index (χ2n) is 7.40. The van der Waals surface area contributed by atoms with E-state index in [1.165, 1.54) is 13.0 Å². The molecule has 0 aromatic carbocycles. The molecule has 2 heterocycles. The number of nitrogens with one attached hydrogen (secondary N) is 1. The Balaban J connectivity index is 1.87. The van der Waals surface area contributed by atoms with Crippen LogP contribution in [-0.4, -0.2) is 61.6 Å². The second kappa shape index (κ2) is 10.5. The third kappa shape index (κ3) is 6.73. The van der Waals surface area contributed by atoms with Gasteiger partial charge in [0.05, 0.1) is 6.26 Å². The predicted molar refractivity (Wildman–Crippen MR) is 105 cm³/mol. The first-order valence-corrected chi connectivity index (χ1v) is 9.90. The maximum Gasteiger partial charge on any atom is 0.193 e. The Morgan fingerprint density at radius 1 is 1.40 bits per heavy atom. The van der Waals surface area contributed by atoms with E-state index >= 15 is 0 Å². The highest BCUT2D eigenvalue weighted by Gasteiger charge is 2.26. The molecule has 1 N–H and O–H groups in total. The summed E-state index contributed by atoms with van der Waals surface area (Å²) in [5.41, 5.74) is 0. The van der Waals surface area contributed by atoms with Crippen LogP contribution in [0.5, 0.6) is 0 Å². The molecule has 1 aliphatic rings. The zero-order valence-corrected chi connectivity index (χ0v) is 16.5. The highest BCUT2D eigenvalue weighted by atomic mass is 16.3. The quantitative estimate of drug-likeness (QED) is 0.550. The Morgan fingerprint density at radius 2 is 2.20 bits per heavy atom. The fourth-order valence-electron chi connectivity index (χ4n) is 3.31. The van der Waals surface area contributed by atoms with Crippen molar-refractivity contribution in [1.29, 1.82) is 0 Å². The molecule has 1 aliphatic heterocycles. The van der Waals surface area contributed by atoms with Gasteiger partial charge in [-0.25, -0.2) is 0 Å². The average Bonchev–Trinajstić information content (AvgIpc) is 3.27. The van der Waals surface area contributed by atoms with Crippen molar-refractivity contribution < 1.29 is 4.42 Å². The molecule has 0 spiro atoms. The normalized spacial score (nSPS) is 18.6. The third-order valence-electron chi connectivity index (χ3n) is 4.84. The summed E-state index contributed by atoms with van der Waals surface area (Å²) in [5, 5.41) is 3.56. The van der Waals surface area contributed by atoms with Gasteiger partial charge in [0, 0.05) is 39.1 Å². The lowest BCUT2D eigenvalue weighted by Crippen LogP contribution is -2.42. The van der Waals surface area contributed by atoms with Gasteiger partial charge in [-0.05, 0) is 43.5 Å². The minimum Gasteiger partial charge on any atom is -0.469 e. The number of hydrogen-bond donors (Lipinski definition) is 1. The van der Waals surface area contributed by atoms with E-state index in [9.17, 15) is 0 Å². The fraction of sp³-hybridized carbons (Fsp3) is 0.750. The molecule has 5 heteroatoms. The molecule has 25 heavy (non-hydrogen) atoms. The molecule has 142 valence electrons. The molecule has 0 saturated carbocycles. The van der Waals surface area contributed by atoms with Gasteiger partial charge in [-0.1, -0.05) is 27.7 Å². The van der Waals surface area contributed by atoms with Crippen LogP contribution in [-0.2, 0) is 6.42 Å². The molecule has 0 bridgehead atoms. The highest BCUT2D eigenvalue weighted by molar-refractivity contribution is 5.80. The first-order valence-electron chi connectivity index (χ1n) is 9.90.